The zero-order valence-corrected chi connectivity index (χ0v) is 15.8. The molecule has 0 fully saturated rings. The van der Waals surface area contributed by atoms with Crippen LogP contribution in [0.25, 0.3) is 22.0 Å². The maximum Gasteiger partial charge on any atom is 0.272 e. The molecule has 0 saturated heterocycles. The first-order valence-electron chi connectivity index (χ1n) is 8.48. The third kappa shape index (κ3) is 3.04. The highest BCUT2D eigenvalue weighted by molar-refractivity contribution is 7.89. The topological polar surface area (TPSA) is 83.1 Å². The van der Waals surface area contributed by atoms with E-state index in [-0.39, 0.29) is 10.5 Å². The number of hydrogen-bond donors (Lipinski definition) is 1. The second kappa shape index (κ2) is 7.01. The summed E-state index contributed by atoms with van der Waals surface area (Å²) in [5.74, 6) is 0. The summed E-state index contributed by atoms with van der Waals surface area (Å²) in [6.07, 6.45) is 0. The van der Waals surface area contributed by atoms with Crippen molar-refractivity contribution in [3.8, 4) is 11.3 Å². The van der Waals surface area contributed by atoms with Crippen molar-refractivity contribution >= 4 is 20.8 Å². The van der Waals surface area contributed by atoms with Crippen LogP contribution in [0.2, 0.25) is 0 Å². The van der Waals surface area contributed by atoms with Gasteiger partial charge in [0.15, 0.2) is 0 Å². The smallest absolute Gasteiger partial charge is 0.267 e. The summed E-state index contributed by atoms with van der Waals surface area (Å²) in [6.45, 7) is 6.22. The second-order valence-corrected chi connectivity index (χ2v) is 7.92. The fourth-order valence-electron chi connectivity index (χ4n) is 3.06. The third-order valence-electron chi connectivity index (χ3n) is 4.48. The number of aromatic nitrogens is 2. The van der Waals surface area contributed by atoms with Crippen LogP contribution in [0.15, 0.2) is 52.2 Å². The van der Waals surface area contributed by atoms with E-state index < -0.39 is 10.0 Å². The number of benzene rings is 2. The Balaban J connectivity index is 2.24. The molecule has 1 heterocycles. The minimum atomic E-state index is -3.59. The number of aromatic amines is 1. The largest absolute Gasteiger partial charge is 0.272 e. The molecule has 6 nitrogen and oxygen atoms in total. The number of aryl methyl sites for hydroxylation is 1. The zero-order chi connectivity index (χ0) is 18.9. The molecule has 1 N–H and O–H groups in total. The lowest BCUT2D eigenvalue weighted by Crippen LogP contribution is -2.31. The van der Waals surface area contributed by atoms with E-state index in [9.17, 15) is 13.2 Å². The lowest BCUT2D eigenvalue weighted by molar-refractivity contribution is 0.445. The second-order valence-electron chi connectivity index (χ2n) is 6.02. The van der Waals surface area contributed by atoms with E-state index in [0.717, 1.165) is 0 Å². The molecule has 0 unspecified atom stereocenters. The SMILES string of the molecule is CCN(CC)S(=O)(=O)c1cc(-c2n[nH]c(=O)c3ccccc23)ccc1C. The van der Waals surface area contributed by atoms with Gasteiger partial charge in [0.25, 0.3) is 5.56 Å². The van der Waals surface area contributed by atoms with Gasteiger partial charge in [-0.2, -0.15) is 9.40 Å². The quantitative estimate of drug-likeness (QED) is 0.747. The van der Waals surface area contributed by atoms with Gasteiger partial charge in [0.05, 0.1) is 16.0 Å². The molecular formula is C19H21N3O3S. The number of H-pyrrole nitrogens is 1. The summed E-state index contributed by atoms with van der Waals surface area (Å²) < 4.78 is 27.4. The van der Waals surface area contributed by atoms with Gasteiger partial charge in [0, 0.05) is 24.0 Å². The van der Waals surface area contributed by atoms with Crippen LogP contribution in [0, 0.1) is 6.92 Å². The molecule has 7 heteroatoms. The summed E-state index contributed by atoms with van der Waals surface area (Å²) >= 11 is 0. The van der Waals surface area contributed by atoms with Gasteiger partial charge >= 0.3 is 0 Å². The molecule has 26 heavy (non-hydrogen) atoms. The molecule has 3 rings (SSSR count). The lowest BCUT2D eigenvalue weighted by Gasteiger charge is -2.20. The Bertz CT molecular complexity index is 1120. The van der Waals surface area contributed by atoms with Gasteiger partial charge in [-0.1, -0.05) is 44.2 Å². The Morgan fingerprint density at radius 1 is 1.04 bits per heavy atom. The number of sulfonamides is 1. The predicted octanol–water partition coefficient (Wildman–Crippen LogP) is 2.93. The first-order chi connectivity index (χ1) is 12.4. The van der Waals surface area contributed by atoms with Crippen LogP contribution in [0.1, 0.15) is 19.4 Å². The van der Waals surface area contributed by atoms with Gasteiger partial charge < -0.3 is 0 Å². The molecule has 0 saturated carbocycles. The van der Waals surface area contributed by atoms with Crippen LogP contribution in [-0.2, 0) is 10.0 Å². The minimum absolute atomic E-state index is 0.260. The van der Waals surface area contributed by atoms with Gasteiger partial charge in [0.1, 0.15) is 0 Å². The summed E-state index contributed by atoms with van der Waals surface area (Å²) in [5, 5.41) is 7.87. The van der Waals surface area contributed by atoms with Crippen LogP contribution in [0.4, 0.5) is 0 Å². The summed E-state index contributed by atoms with van der Waals surface area (Å²) in [6, 6.07) is 12.4. The molecule has 0 spiro atoms. The molecule has 0 amide bonds. The molecule has 0 atom stereocenters. The van der Waals surface area contributed by atoms with E-state index in [0.29, 0.717) is 40.7 Å². The maximum absolute atomic E-state index is 13.0. The summed E-state index contributed by atoms with van der Waals surface area (Å²) in [7, 11) is -3.59. The van der Waals surface area contributed by atoms with Crippen molar-refractivity contribution in [1.29, 1.82) is 0 Å². The first kappa shape index (κ1) is 18.3. The molecule has 0 radical (unpaired) electrons. The standard InChI is InChI=1S/C19H21N3O3S/c1-4-22(5-2)26(24,25)17-12-14(11-10-13(17)3)18-15-8-6-7-9-16(15)19(23)21-20-18/h6-12H,4-5H2,1-3H3,(H,21,23). The molecule has 0 aliphatic rings. The van der Waals surface area contributed by atoms with Crippen LogP contribution in [0.3, 0.4) is 0 Å². The van der Waals surface area contributed by atoms with Gasteiger partial charge in [-0.15, -0.1) is 0 Å². The Hall–Kier alpha value is -2.51. The van der Waals surface area contributed by atoms with E-state index in [1.165, 1.54) is 4.31 Å². The van der Waals surface area contributed by atoms with Crippen molar-refractivity contribution in [2.45, 2.75) is 25.7 Å². The Morgan fingerprint density at radius 2 is 1.69 bits per heavy atom. The van der Waals surface area contributed by atoms with Crippen LogP contribution in [-0.4, -0.2) is 36.0 Å². The summed E-state index contributed by atoms with van der Waals surface area (Å²) in [4.78, 5) is 12.2. The van der Waals surface area contributed by atoms with Crippen molar-refractivity contribution in [3.05, 3.63) is 58.4 Å². The third-order valence-corrected chi connectivity index (χ3v) is 6.67. The van der Waals surface area contributed by atoms with E-state index in [4.69, 9.17) is 0 Å². The monoisotopic (exact) mass is 371 g/mol. The van der Waals surface area contributed by atoms with E-state index >= 15 is 0 Å². The van der Waals surface area contributed by atoms with Gasteiger partial charge in [-0.05, 0) is 24.6 Å². The first-order valence-corrected chi connectivity index (χ1v) is 9.92. The lowest BCUT2D eigenvalue weighted by atomic mass is 10.0. The molecule has 3 aromatic rings. The van der Waals surface area contributed by atoms with Gasteiger partial charge in [-0.3, -0.25) is 4.79 Å². The molecule has 0 aliphatic carbocycles. The van der Waals surface area contributed by atoms with E-state index in [2.05, 4.69) is 10.2 Å². The summed E-state index contributed by atoms with van der Waals surface area (Å²) in [5.41, 5.74) is 1.60. The molecule has 136 valence electrons. The molecular weight excluding hydrogens is 350 g/mol. The highest BCUT2D eigenvalue weighted by Gasteiger charge is 2.24. The van der Waals surface area contributed by atoms with Gasteiger partial charge in [-0.25, -0.2) is 13.5 Å². The van der Waals surface area contributed by atoms with Gasteiger partial charge in [0.2, 0.25) is 10.0 Å². The molecule has 2 aromatic carbocycles. The Kier molecular flexibility index (Phi) is 4.93. The van der Waals surface area contributed by atoms with Crippen molar-refractivity contribution in [2.75, 3.05) is 13.1 Å². The number of rotatable bonds is 5. The number of hydrogen-bond acceptors (Lipinski definition) is 4. The van der Waals surface area contributed by atoms with Crippen molar-refractivity contribution in [3.63, 3.8) is 0 Å². The Labute approximate surface area is 152 Å². The Morgan fingerprint density at radius 3 is 2.35 bits per heavy atom. The average Bonchev–Trinajstić information content (AvgIpc) is 2.63. The van der Waals surface area contributed by atoms with Crippen molar-refractivity contribution in [2.24, 2.45) is 0 Å². The molecule has 0 bridgehead atoms. The van der Waals surface area contributed by atoms with Crippen molar-refractivity contribution in [1.82, 2.24) is 14.5 Å². The van der Waals surface area contributed by atoms with Crippen LogP contribution >= 0.6 is 0 Å². The van der Waals surface area contributed by atoms with Crippen LogP contribution < -0.4 is 5.56 Å². The fourth-order valence-corrected chi connectivity index (χ4v) is 4.77. The number of nitrogens with one attached hydrogen (secondary N) is 1. The average molecular weight is 371 g/mol. The zero-order valence-electron chi connectivity index (χ0n) is 15.0. The van der Waals surface area contributed by atoms with E-state index in [1.54, 1.807) is 31.2 Å². The fraction of sp³-hybridized carbons (Fsp3) is 0.263. The predicted molar refractivity (Wildman–Crippen MR) is 103 cm³/mol. The molecule has 1 aromatic heterocycles. The molecule has 0 aliphatic heterocycles. The normalized spacial score (nSPS) is 12.0. The highest BCUT2D eigenvalue weighted by atomic mass is 32.2. The van der Waals surface area contributed by atoms with E-state index in [1.807, 2.05) is 32.0 Å². The maximum atomic E-state index is 13.0. The number of nitrogens with zero attached hydrogens (tertiary/aromatic N) is 2. The van der Waals surface area contributed by atoms with Crippen molar-refractivity contribution < 1.29 is 8.42 Å². The van der Waals surface area contributed by atoms with Crippen LogP contribution in [0.5, 0.6) is 0 Å². The minimum Gasteiger partial charge on any atom is -0.267 e. The highest BCUT2D eigenvalue weighted by Crippen LogP contribution is 2.29. The number of fused-ring (bicyclic) bond motifs is 1.